The van der Waals surface area contributed by atoms with Gasteiger partial charge in [0.15, 0.2) is 0 Å². The van der Waals surface area contributed by atoms with Crippen LogP contribution in [-0.2, 0) is 10.8 Å². The van der Waals surface area contributed by atoms with Crippen LogP contribution in [0.25, 0.3) is 44.2 Å². The van der Waals surface area contributed by atoms with Crippen molar-refractivity contribution < 1.29 is 4.42 Å². The van der Waals surface area contributed by atoms with Crippen molar-refractivity contribution in [2.45, 2.75) is 52.4 Å². The average molecular weight is 598 g/mol. The maximum Gasteiger partial charge on any atom is 0.137 e. The molecule has 2 nitrogen and oxygen atoms in total. The summed E-state index contributed by atoms with van der Waals surface area (Å²) in [6, 6.07) is 46.7. The Balaban J connectivity index is 1.34. The maximum atomic E-state index is 6.40. The number of anilines is 3. The lowest BCUT2D eigenvalue weighted by Crippen LogP contribution is -2.17. The van der Waals surface area contributed by atoms with Crippen molar-refractivity contribution in [1.82, 2.24) is 0 Å². The molecule has 1 aromatic heterocycles. The first kappa shape index (κ1) is 28.4. The molecule has 0 spiro atoms. The molecule has 1 aliphatic carbocycles. The quantitative estimate of drug-likeness (QED) is 0.201. The van der Waals surface area contributed by atoms with Crippen molar-refractivity contribution in [1.29, 1.82) is 0 Å². The number of hydrogen-bond acceptors (Lipinski definition) is 2. The van der Waals surface area contributed by atoms with Gasteiger partial charge in [0.05, 0.1) is 11.1 Å². The molecule has 0 saturated carbocycles. The second-order valence-corrected chi connectivity index (χ2v) is 14.4. The van der Waals surface area contributed by atoms with Gasteiger partial charge in [-0.1, -0.05) is 113 Å². The zero-order chi connectivity index (χ0) is 31.8. The van der Waals surface area contributed by atoms with Gasteiger partial charge in [-0.25, -0.2) is 0 Å². The number of aryl methyl sites for hydroxylation is 1. The zero-order valence-electron chi connectivity index (χ0n) is 27.5. The Morgan fingerprint density at radius 2 is 1.35 bits per heavy atom. The lowest BCUT2D eigenvalue weighted by Gasteiger charge is -2.29. The summed E-state index contributed by atoms with van der Waals surface area (Å²) in [4.78, 5) is 2.42. The Hall–Kier alpha value is -5.08. The molecule has 0 radical (unpaired) electrons. The van der Waals surface area contributed by atoms with Crippen molar-refractivity contribution in [3.63, 3.8) is 0 Å². The number of fused-ring (bicyclic) bond motifs is 6. The molecular formula is C44H39NO. The molecule has 6 aromatic carbocycles. The van der Waals surface area contributed by atoms with E-state index in [4.69, 9.17) is 4.42 Å². The highest BCUT2D eigenvalue weighted by Gasteiger charge is 2.36. The fraction of sp³-hybridized carbons (Fsp3) is 0.182. The van der Waals surface area contributed by atoms with Gasteiger partial charge in [0.1, 0.15) is 11.2 Å². The second kappa shape index (κ2) is 10.2. The van der Waals surface area contributed by atoms with Gasteiger partial charge < -0.3 is 9.32 Å². The molecule has 7 aromatic rings. The van der Waals surface area contributed by atoms with Crippen molar-refractivity contribution >= 4 is 39.0 Å². The van der Waals surface area contributed by atoms with E-state index in [0.29, 0.717) is 0 Å². The molecule has 8 rings (SSSR count). The summed E-state index contributed by atoms with van der Waals surface area (Å²) in [6.07, 6.45) is 0. The molecule has 0 amide bonds. The highest BCUT2D eigenvalue weighted by atomic mass is 16.3. The van der Waals surface area contributed by atoms with Crippen LogP contribution in [0.1, 0.15) is 56.9 Å². The van der Waals surface area contributed by atoms with E-state index in [9.17, 15) is 0 Å². The Labute approximate surface area is 271 Å². The van der Waals surface area contributed by atoms with Crippen molar-refractivity contribution in [3.05, 3.63) is 150 Å². The summed E-state index contributed by atoms with van der Waals surface area (Å²) in [5, 5.41) is 2.28. The third-order valence-electron chi connectivity index (χ3n) is 9.89. The molecule has 0 unspecified atom stereocenters. The SMILES string of the molecule is Cc1ccc2oc3cccc(N(c4ccc(C(C)(C)C)cc4)c4ccc5c(c4)C(C)(C)c4ccc(-c6ccccc6)cc4-5)c3c2c1. The number of rotatable bonds is 4. The van der Waals surface area contributed by atoms with Gasteiger partial charge in [-0.3, -0.25) is 0 Å². The minimum absolute atomic E-state index is 0.0730. The molecular weight excluding hydrogens is 558 g/mol. The Morgan fingerprint density at radius 3 is 2.11 bits per heavy atom. The van der Waals surface area contributed by atoms with E-state index in [1.165, 1.54) is 44.5 Å². The van der Waals surface area contributed by atoms with Crippen LogP contribution in [0.4, 0.5) is 17.1 Å². The maximum absolute atomic E-state index is 6.40. The second-order valence-electron chi connectivity index (χ2n) is 14.4. The number of benzene rings is 6. The molecule has 0 aliphatic heterocycles. The van der Waals surface area contributed by atoms with Crippen LogP contribution >= 0.6 is 0 Å². The predicted octanol–water partition coefficient (Wildman–Crippen LogP) is 12.6. The lowest BCUT2D eigenvalue weighted by atomic mass is 9.82. The highest BCUT2D eigenvalue weighted by molar-refractivity contribution is 6.13. The minimum atomic E-state index is -0.136. The number of furan rings is 1. The predicted molar refractivity (Wildman–Crippen MR) is 195 cm³/mol. The Bertz CT molecular complexity index is 2260. The highest BCUT2D eigenvalue weighted by Crippen LogP contribution is 2.52. The molecule has 0 N–H and O–H groups in total. The lowest BCUT2D eigenvalue weighted by molar-refractivity contribution is 0.590. The Morgan fingerprint density at radius 1 is 0.587 bits per heavy atom. The summed E-state index contributed by atoms with van der Waals surface area (Å²) in [5.41, 5.74) is 15.5. The van der Waals surface area contributed by atoms with E-state index >= 15 is 0 Å². The van der Waals surface area contributed by atoms with Gasteiger partial charge in [-0.15, -0.1) is 0 Å². The molecule has 226 valence electrons. The van der Waals surface area contributed by atoms with Crippen LogP contribution in [0.3, 0.4) is 0 Å². The first-order chi connectivity index (χ1) is 22.1. The van der Waals surface area contributed by atoms with Gasteiger partial charge in [-0.05, 0) is 106 Å². The van der Waals surface area contributed by atoms with E-state index in [2.05, 4.69) is 174 Å². The molecule has 46 heavy (non-hydrogen) atoms. The number of hydrogen-bond donors (Lipinski definition) is 0. The van der Waals surface area contributed by atoms with Crippen LogP contribution in [0.5, 0.6) is 0 Å². The van der Waals surface area contributed by atoms with E-state index in [-0.39, 0.29) is 10.8 Å². The van der Waals surface area contributed by atoms with E-state index in [1.807, 2.05) is 0 Å². The van der Waals surface area contributed by atoms with Crippen molar-refractivity contribution in [3.8, 4) is 22.3 Å². The topological polar surface area (TPSA) is 16.4 Å². The molecule has 0 fully saturated rings. The number of nitrogens with zero attached hydrogens (tertiary/aromatic N) is 1. The van der Waals surface area contributed by atoms with Gasteiger partial charge in [0, 0.05) is 22.2 Å². The van der Waals surface area contributed by atoms with Crippen LogP contribution in [0.2, 0.25) is 0 Å². The van der Waals surface area contributed by atoms with Crippen molar-refractivity contribution in [2.24, 2.45) is 0 Å². The van der Waals surface area contributed by atoms with E-state index < -0.39 is 0 Å². The Kier molecular flexibility index (Phi) is 6.31. The van der Waals surface area contributed by atoms with E-state index in [1.54, 1.807) is 0 Å². The molecule has 2 heteroatoms. The molecule has 0 atom stereocenters. The van der Waals surface area contributed by atoms with Crippen LogP contribution in [0.15, 0.2) is 132 Å². The summed E-state index contributed by atoms with van der Waals surface area (Å²) in [5.74, 6) is 0. The summed E-state index contributed by atoms with van der Waals surface area (Å²) >= 11 is 0. The zero-order valence-corrected chi connectivity index (χ0v) is 27.5. The summed E-state index contributed by atoms with van der Waals surface area (Å²) < 4.78 is 6.40. The molecule has 0 saturated heterocycles. The smallest absolute Gasteiger partial charge is 0.137 e. The molecule has 1 aliphatic rings. The van der Waals surface area contributed by atoms with Crippen molar-refractivity contribution in [2.75, 3.05) is 4.90 Å². The standard InChI is InChI=1S/C44H39NO/c1-28-15-24-40-36(25-28)42-39(13-10-14-41(42)46-40)45(32-19-17-31(18-20-32)43(2,3)4)33-21-22-34-35-26-30(29-11-8-7-9-12-29)16-23-37(35)44(5,6)38(34)27-33/h7-27H,1-6H3. The fourth-order valence-electron chi connectivity index (χ4n) is 7.34. The van der Waals surface area contributed by atoms with Crippen LogP contribution in [0, 0.1) is 6.92 Å². The van der Waals surface area contributed by atoms with Gasteiger partial charge in [0.2, 0.25) is 0 Å². The summed E-state index contributed by atoms with van der Waals surface area (Å²) in [7, 11) is 0. The van der Waals surface area contributed by atoms with E-state index in [0.717, 1.165) is 39.0 Å². The van der Waals surface area contributed by atoms with Crippen LogP contribution < -0.4 is 4.90 Å². The molecule has 1 heterocycles. The minimum Gasteiger partial charge on any atom is -0.456 e. The first-order valence-electron chi connectivity index (χ1n) is 16.3. The average Bonchev–Trinajstić information content (AvgIpc) is 3.53. The third-order valence-corrected chi connectivity index (χ3v) is 9.89. The fourth-order valence-corrected chi connectivity index (χ4v) is 7.34. The first-order valence-corrected chi connectivity index (χ1v) is 16.3. The van der Waals surface area contributed by atoms with Gasteiger partial charge in [0.25, 0.3) is 0 Å². The monoisotopic (exact) mass is 597 g/mol. The normalized spacial score (nSPS) is 13.6. The largest absolute Gasteiger partial charge is 0.456 e. The molecule has 0 bridgehead atoms. The van der Waals surface area contributed by atoms with Crippen LogP contribution in [-0.4, -0.2) is 0 Å². The third kappa shape index (κ3) is 4.47. The van der Waals surface area contributed by atoms with Gasteiger partial charge in [-0.2, -0.15) is 0 Å². The summed E-state index contributed by atoms with van der Waals surface area (Å²) in [6.45, 7) is 13.7. The van der Waals surface area contributed by atoms with Gasteiger partial charge >= 0.3 is 0 Å².